The van der Waals surface area contributed by atoms with Crippen LogP contribution in [0.1, 0.15) is 22.9 Å². The van der Waals surface area contributed by atoms with Crippen LogP contribution in [0.5, 0.6) is 17.2 Å². The van der Waals surface area contributed by atoms with E-state index < -0.39 is 11.8 Å². The standard InChI is InChI=1S/C27H29N3O6/c1-15-8-7-9-16(12-15)21-20-22(28(2)27(32)29(3)26(20)31)23-24(36-11-10-30(21)23)17-13-18(33-4)25(35-6)19(14-17)34-5/h7-9,12-14,24H,10-11H2,1-6H3/t24-/m1/s1. The highest BCUT2D eigenvalue weighted by Gasteiger charge is 2.34. The molecule has 9 nitrogen and oxygen atoms in total. The molecule has 3 heterocycles. The van der Waals surface area contributed by atoms with Crippen molar-refractivity contribution >= 4 is 10.9 Å². The predicted molar refractivity (Wildman–Crippen MR) is 136 cm³/mol. The fourth-order valence-corrected chi connectivity index (χ4v) is 5.18. The maximum Gasteiger partial charge on any atom is 0.331 e. The second-order valence-corrected chi connectivity index (χ2v) is 8.89. The van der Waals surface area contributed by atoms with Crippen LogP contribution in [0.3, 0.4) is 0 Å². The number of ether oxygens (including phenoxy) is 4. The van der Waals surface area contributed by atoms with E-state index in [0.717, 1.165) is 32.6 Å². The zero-order valence-corrected chi connectivity index (χ0v) is 21.2. The molecule has 0 fully saturated rings. The van der Waals surface area contributed by atoms with E-state index in [-0.39, 0.29) is 5.56 Å². The summed E-state index contributed by atoms with van der Waals surface area (Å²) in [5, 5.41) is 0.489. The summed E-state index contributed by atoms with van der Waals surface area (Å²) < 4.78 is 27.7. The zero-order valence-electron chi connectivity index (χ0n) is 21.2. The first kappa shape index (κ1) is 23.7. The van der Waals surface area contributed by atoms with Crippen molar-refractivity contribution in [2.75, 3.05) is 27.9 Å². The minimum atomic E-state index is -0.578. The molecule has 0 unspecified atom stereocenters. The number of aryl methyl sites for hydroxylation is 2. The lowest BCUT2D eigenvalue weighted by Crippen LogP contribution is -2.37. The highest BCUT2D eigenvalue weighted by Crippen LogP contribution is 2.45. The predicted octanol–water partition coefficient (Wildman–Crippen LogP) is 3.16. The number of hydrogen-bond acceptors (Lipinski definition) is 6. The van der Waals surface area contributed by atoms with Crippen molar-refractivity contribution in [3.05, 3.63) is 74.1 Å². The number of aromatic nitrogens is 3. The summed E-state index contributed by atoms with van der Waals surface area (Å²) in [5.41, 5.74) is 4.08. The van der Waals surface area contributed by atoms with Gasteiger partial charge in [-0.05, 0) is 36.2 Å². The summed E-state index contributed by atoms with van der Waals surface area (Å²) in [6.07, 6.45) is -0.578. The van der Waals surface area contributed by atoms with Gasteiger partial charge in [-0.3, -0.25) is 13.9 Å². The molecule has 1 aliphatic heterocycles. The van der Waals surface area contributed by atoms with Crippen LogP contribution in [0, 0.1) is 6.92 Å². The summed E-state index contributed by atoms with van der Waals surface area (Å²) in [4.78, 5) is 26.6. The van der Waals surface area contributed by atoms with Crippen LogP contribution in [0.4, 0.5) is 0 Å². The van der Waals surface area contributed by atoms with Gasteiger partial charge in [0.2, 0.25) is 5.75 Å². The smallest absolute Gasteiger partial charge is 0.331 e. The molecule has 0 amide bonds. The number of methoxy groups -OCH3 is 3. The van der Waals surface area contributed by atoms with Gasteiger partial charge in [0.1, 0.15) is 6.10 Å². The summed E-state index contributed by atoms with van der Waals surface area (Å²) in [6, 6.07) is 11.7. The maximum absolute atomic E-state index is 13.6. The molecular formula is C27H29N3O6. The molecule has 5 rings (SSSR count). The van der Waals surface area contributed by atoms with Crippen molar-refractivity contribution in [3.8, 4) is 28.5 Å². The van der Waals surface area contributed by atoms with E-state index in [2.05, 4.69) is 10.6 Å². The van der Waals surface area contributed by atoms with E-state index in [0.29, 0.717) is 41.3 Å². The highest BCUT2D eigenvalue weighted by atomic mass is 16.5. The van der Waals surface area contributed by atoms with Gasteiger partial charge in [0.15, 0.2) is 11.5 Å². The molecule has 4 aromatic rings. The quantitative estimate of drug-likeness (QED) is 0.426. The van der Waals surface area contributed by atoms with Crippen molar-refractivity contribution < 1.29 is 18.9 Å². The molecule has 36 heavy (non-hydrogen) atoms. The van der Waals surface area contributed by atoms with E-state index in [9.17, 15) is 9.59 Å². The molecule has 2 aromatic heterocycles. The van der Waals surface area contributed by atoms with Crippen molar-refractivity contribution in [2.45, 2.75) is 19.6 Å². The Morgan fingerprint density at radius 2 is 1.64 bits per heavy atom. The molecule has 2 aromatic carbocycles. The van der Waals surface area contributed by atoms with E-state index in [4.69, 9.17) is 18.9 Å². The first-order valence-electron chi connectivity index (χ1n) is 11.6. The van der Waals surface area contributed by atoms with Gasteiger partial charge in [-0.1, -0.05) is 23.8 Å². The summed E-state index contributed by atoms with van der Waals surface area (Å²) >= 11 is 0. The molecule has 1 aliphatic rings. The lowest BCUT2D eigenvalue weighted by Gasteiger charge is -2.28. The number of benzene rings is 2. The van der Waals surface area contributed by atoms with Gasteiger partial charge in [0, 0.05) is 20.6 Å². The molecular weight excluding hydrogens is 462 g/mol. The van der Waals surface area contributed by atoms with Gasteiger partial charge in [0.25, 0.3) is 5.56 Å². The maximum atomic E-state index is 13.6. The largest absolute Gasteiger partial charge is 0.493 e. The van der Waals surface area contributed by atoms with Crippen LogP contribution in [0.25, 0.3) is 22.2 Å². The van der Waals surface area contributed by atoms with Crippen LogP contribution >= 0.6 is 0 Å². The minimum Gasteiger partial charge on any atom is -0.493 e. The normalized spacial score (nSPS) is 15.1. The van der Waals surface area contributed by atoms with E-state index >= 15 is 0 Å². The van der Waals surface area contributed by atoms with Crippen molar-refractivity contribution in [1.29, 1.82) is 0 Å². The molecule has 0 spiro atoms. The molecule has 0 aliphatic carbocycles. The molecule has 9 heteroatoms. The van der Waals surface area contributed by atoms with Crippen molar-refractivity contribution in [2.24, 2.45) is 14.1 Å². The number of rotatable bonds is 5. The second kappa shape index (κ2) is 8.91. The monoisotopic (exact) mass is 491 g/mol. The summed E-state index contributed by atoms with van der Waals surface area (Å²) in [6.45, 7) is 2.97. The Labute approximate surface area is 208 Å². The van der Waals surface area contributed by atoms with Crippen molar-refractivity contribution in [1.82, 2.24) is 13.7 Å². The van der Waals surface area contributed by atoms with Crippen LogP contribution in [-0.4, -0.2) is 41.6 Å². The summed E-state index contributed by atoms with van der Waals surface area (Å²) in [5.74, 6) is 1.46. The zero-order chi connectivity index (χ0) is 25.7. The first-order chi connectivity index (χ1) is 17.3. The summed E-state index contributed by atoms with van der Waals surface area (Å²) in [7, 11) is 7.86. The molecule has 0 saturated carbocycles. The Hall–Kier alpha value is -3.98. The molecule has 1 atom stereocenters. The van der Waals surface area contributed by atoms with E-state index in [1.807, 2.05) is 37.3 Å². The molecule has 188 valence electrons. The highest BCUT2D eigenvalue weighted by molar-refractivity contribution is 5.96. The Morgan fingerprint density at radius 3 is 2.25 bits per heavy atom. The van der Waals surface area contributed by atoms with Gasteiger partial charge in [-0.25, -0.2) is 4.79 Å². The molecule has 0 radical (unpaired) electrons. The first-order valence-corrected chi connectivity index (χ1v) is 11.6. The Balaban J connectivity index is 1.90. The lowest BCUT2D eigenvalue weighted by atomic mass is 10.0. The Kier molecular flexibility index (Phi) is 5.88. The average molecular weight is 492 g/mol. The third-order valence-electron chi connectivity index (χ3n) is 6.83. The third-order valence-corrected chi connectivity index (χ3v) is 6.83. The van der Waals surface area contributed by atoms with Gasteiger partial charge in [-0.15, -0.1) is 0 Å². The minimum absolute atomic E-state index is 0.338. The van der Waals surface area contributed by atoms with Gasteiger partial charge >= 0.3 is 5.69 Å². The van der Waals surface area contributed by atoms with Crippen LogP contribution in [0.15, 0.2) is 46.0 Å². The second-order valence-electron chi connectivity index (χ2n) is 8.89. The topological polar surface area (TPSA) is 85.9 Å². The average Bonchev–Trinajstić information content (AvgIpc) is 3.25. The Morgan fingerprint density at radius 1 is 0.944 bits per heavy atom. The van der Waals surface area contributed by atoms with Gasteiger partial charge in [0.05, 0.1) is 50.2 Å². The van der Waals surface area contributed by atoms with Gasteiger partial charge in [-0.2, -0.15) is 0 Å². The van der Waals surface area contributed by atoms with Gasteiger partial charge < -0.3 is 23.5 Å². The molecule has 0 N–H and O–H groups in total. The fourth-order valence-electron chi connectivity index (χ4n) is 5.18. The molecule has 0 bridgehead atoms. The van der Waals surface area contributed by atoms with Crippen LogP contribution < -0.4 is 25.5 Å². The third kappa shape index (κ3) is 3.42. The number of fused-ring (bicyclic) bond motifs is 3. The van der Waals surface area contributed by atoms with Crippen LogP contribution in [-0.2, 0) is 25.4 Å². The molecule has 0 saturated heterocycles. The fraction of sp³-hybridized carbons (Fsp3) is 0.333. The SMILES string of the molecule is COc1cc([C@H]2OCCn3c(-c4cccc(C)c4)c4c(=O)n(C)c(=O)n(C)c4c32)cc(OC)c1OC. The number of hydrogen-bond donors (Lipinski definition) is 0. The lowest BCUT2D eigenvalue weighted by molar-refractivity contribution is 0.0475. The Bertz CT molecular complexity index is 1590. The van der Waals surface area contributed by atoms with Crippen molar-refractivity contribution in [3.63, 3.8) is 0 Å². The van der Waals surface area contributed by atoms with E-state index in [1.165, 1.54) is 11.6 Å². The number of nitrogens with zero attached hydrogens (tertiary/aromatic N) is 3. The van der Waals surface area contributed by atoms with Crippen LogP contribution in [0.2, 0.25) is 0 Å². The van der Waals surface area contributed by atoms with E-state index in [1.54, 1.807) is 28.4 Å².